The molecule has 1 aliphatic rings. The molecule has 1 saturated heterocycles. The second kappa shape index (κ2) is 7.01. The largest absolute Gasteiger partial charge is 0.324 e. The molecule has 4 nitrogen and oxygen atoms in total. The standard InChI is InChI=1S/C17H13Cl3N2O2/c18-11-5-6-13(20)15(8-11)22-9-10(7-16(22)23)17(24)21-14-4-2-1-3-12(14)19/h1-6,8,10H,7,9H2,(H,21,24). The molecule has 0 spiro atoms. The van der Waals surface area contributed by atoms with Crippen molar-refractivity contribution in [3.63, 3.8) is 0 Å². The van der Waals surface area contributed by atoms with E-state index in [1.165, 1.54) is 4.90 Å². The Morgan fingerprint density at radius 2 is 1.83 bits per heavy atom. The van der Waals surface area contributed by atoms with Gasteiger partial charge in [-0.2, -0.15) is 0 Å². The fourth-order valence-electron chi connectivity index (χ4n) is 2.61. The Morgan fingerprint density at radius 1 is 1.08 bits per heavy atom. The van der Waals surface area contributed by atoms with E-state index in [2.05, 4.69) is 5.32 Å². The summed E-state index contributed by atoms with van der Waals surface area (Å²) in [6.45, 7) is 0.245. The molecule has 1 fully saturated rings. The topological polar surface area (TPSA) is 49.4 Å². The van der Waals surface area contributed by atoms with Crippen LogP contribution in [0.1, 0.15) is 6.42 Å². The number of amides is 2. The highest BCUT2D eigenvalue weighted by atomic mass is 35.5. The molecule has 1 N–H and O–H groups in total. The van der Waals surface area contributed by atoms with E-state index in [1.807, 2.05) is 0 Å². The van der Waals surface area contributed by atoms with Gasteiger partial charge in [-0.1, -0.05) is 46.9 Å². The lowest BCUT2D eigenvalue weighted by molar-refractivity contribution is -0.122. The number of hydrogen-bond donors (Lipinski definition) is 1. The van der Waals surface area contributed by atoms with Gasteiger partial charge in [0.25, 0.3) is 0 Å². The minimum absolute atomic E-state index is 0.110. The molecule has 2 aromatic rings. The second-order valence-electron chi connectivity index (χ2n) is 5.47. The van der Waals surface area contributed by atoms with Crippen LogP contribution >= 0.6 is 34.8 Å². The van der Waals surface area contributed by atoms with Crippen LogP contribution in [0.5, 0.6) is 0 Å². The summed E-state index contributed by atoms with van der Waals surface area (Å²) in [5, 5.41) is 4.11. The molecule has 124 valence electrons. The van der Waals surface area contributed by atoms with Crippen molar-refractivity contribution in [2.75, 3.05) is 16.8 Å². The van der Waals surface area contributed by atoms with Crippen molar-refractivity contribution in [3.8, 4) is 0 Å². The van der Waals surface area contributed by atoms with Crippen molar-refractivity contribution in [3.05, 3.63) is 57.5 Å². The van der Waals surface area contributed by atoms with Crippen molar-refractivity contribution >= 4 is 58.0 Å². The summed E-state index contributed by atoms with van der Waals surface area (Å²) in [6, 6.07) is 11.9. The van der Waals surface area contributed by atoms with E-state index >= 15 is 0 Å². The number of rotatable bonds is 3. The fourth-order valence-corrected chi connectivity index (χ4v) is 3.17. The molecule has 1 atom stereocenters. The normalized spacial score (nSPS) is 17.2. The van der Waals surface area contributed by atoms with Crippen LogP contribution in [-0.4, -0.2) is 18.4 Å². The van der Waals surface area contributed by atoms with Crippen LogP contribution in [0.15, 0.2) is 42.5 Å². The number of nitrogens with one attached hydrogen (secondary N) is 1. The minimum atomic E-state index is -0.483. The summed E-state index contributed by atoms with van der Waals surface area (Å²) in [5.41, 5.74) is 1.04. The quantitative estimate of drug-likeness (QED) is 0.839. The lowest BCUT2D eigenvalue weighted by Crippen LogP contribution is -2.28. The van der Waals surface area contributed by atoms with Crippen molar-refractivity contribution in [1.29, 1.82) is 0 Å². The van der Waals surface area contributed by atoms with Crippen molar-refractivity contribution in [2.45, 2.75) is 6.42 Å². The van der Waals surface area contributed by atoms with Crippen LogP contribution in [0.4, 0.5) is 11.4 Å². The van der Waals surface area contributed by atoms with Gasteiger partial charge in [-0.25, -0.2) is 0 Å². The molecule has 0 bridgehead atoms. The first-order valence-electron chi connectivity index (χ1n) is 7.26. The zero-order valence-corrected chi connectivity index (χ0v) is 14.7. The highest BCUT2D eigenvalue weighted by Crippen LogP contribution is 2.34. The van der Waals surface area contributed by atoms with E-state index in [9.17, 15) is 9.59 Å². The Hall–Kier alpha value is -1.75. The third-order valence-corrected chi connectivity index (χ3v) is 4.71. The lowest BCUT2D eigenvalue weighted by Gasteiger charge is -2.18. The smallest absolute Gasteiger partial charge is 0.229 e. The average Bonchev–Trinajstić information content (AvgIpc) is 2.94. The van der Waals surface area contributed by atoms with E-state index in [0.717, 1.165) is 0 Å². The number of anilines is 2. The molecular formula is C17H13Cl3N2O2. The molecule has 7 heteroatoms. The van der Waals surface area contributed by atoms with Gasteiger partial charge in [0.05, 0.1) is 27.3 Å². The van der Waals surface area contributed by atoms with E-state index in [1.54, 1.807) is 42.5 Å². The SMILES string of the molecule is O=C(Nc1ccccc1Cl)C1CC(=O)N(c2cc(Cl)ccc2Cl)C1. The Morgan fingerprint density at radius 3 is 2.58 bits per heavy atom. The average molecular weight is 384 g/mol. The Labute approximate surface area is 154 Å². The number of halogens is 3. The van der Waals surface area contributed by atoms with Crippen molar-refractivity contribution < 1.29 is 9.59 Å². The van der Waals surface area contributed by atoms with Gasteiger partial charge in [-0.05, 0) is 30.3 Å². The van der Waals surface area contributed by atoms with Crippen LogP contribution in [0.3, 0.4) is 0 Å². The van der Waals surface area contributed by atoms with Gasteiger partial charge in [-0.15, -0.1) is 0 Å². The summed E-state index contributed by atoms with van der Waals surface area (Å²) in [7, 11) is 0. The van der Waals surface area contributed by atoms with E-state index in [0.29, 0.717) is 26.4 Å². The van der Waals surface area contributed by atoms with Gasteiger partial charge in [0.1, 0.15) is 0 Å². The number of para-hydroxylation sites is 1. The molecule has 0 aliphatic carbocycles. The Kier molecular flexibility index (Phi) is 4.99. The number of hydrogen-bond acceptors (Lipinski definition) is 2. The molecule has 1 heterocycles. The van der Waals surface area contributed by atoms with Gasteiger partial charge in [0, 0.05) is 18.0 Å². The van der Waals surface area contributed by atoms with Gasteiger partial charge >= 0.3 is 0 Å². The maximum atomic E-state index is 12.4. The van der Waals surface area contributed by atoms with E-state index in [-0.39, 0.29) is 24.8 Å². The Bertz CT molecular complexity index is 810. The zero-order valence-electron chi connectivity index (χ0n) is 12.4. The van der Waals surface area contributed by atoms with Crippen molar-refractivity contribution in [1.82, 2.24) is 0 Å². The van der Waals surface area contributed by atoms with Crippen LogP contribution in [-0.2, 0) is 9.59 Å². The molecule has 1 unspecified atom stereocenters. The second-order valence-corrected chi connectivity index (χ2v) is 6.72. The first kappa shape index (κ1) is 17.1. The molecule has 3 rings (SSSR count). The van der Waals surface area contributed by atoms with Crippen LogP contribution in [0, 0.1) is 5.92 Å². The number of carbonyl (C=O) groups excluding carboxylic acids is 2. The fraction of sp³-hybridized carbons (Fsp3) is 0.176. The first-order valence-corrected chi connectivity index (χ1v) is 8.40. The molecule has 2 amide bonds. The minimum Gasteiger partial charge on any atom is -0.324 e. The van der Waals surface area contributed by atoms with Gasteiger partial charge in [0.2, 0.25) is 11.8 Å². The van der Waals surface area contributed by atoms with E-state index < -0.39 is 5.92 Å². The number of benzene rings is 2. The number of nitrogens with zero attached hydrogens (tertiary/aromatic N) is 1. The van der Waals surface area contributed by atoms with Crippen molar-refractivity contribution in [2.24, 2.45) is 5.92 Å². The van der Waals surface area contributed by atoms with Crippen LogP contribution in [0.25, 0.3) is 0 Å². The number of carbonyl (C=O) groups is 2. The summed E-state index contributed by atoms with van der Waals surface area (Å²) in [4.78, 5) is 26.2. The third kappa shape index (κ3) is 3.51. The van der Waals surface area contributed by atoms with Gasteiger partial charge in [0.15, 0.2) is 0 Å². The highest BCUT2D eigenvalue weighted by Gasteiger charge is 2.36. The van der Waals surface area contributed by atoms with Crippen LogP contribution in [0.2, 0.25) is 15.1 Å². The monoisotopic (exact) mass is 382 g/mol. The van der Waals surface area contributed by atoms with Gasteiger partial charge in [-0.3, -0.25) is 9.59 Å². The molecule has 0 saturated carbocycles. The summed E-state index contributed by atoms with van der Waals surface area (Å²) in [5.74, 6) is -0.903. The maximum absolute atomic E-state index is 12.4. The van der Waals surface area contributed by atoms with Gasteiger partial charge < -0.3 is 10.2 Å². The first-order chi connectivity index (χ1) is 11.5. The molecule has 24 heavy (non-hydrogen) atoms. The lowest BCUT2D eigenvalue weighted by atomic mass is 10.1. The van der Waals surface area contributed by atoms with Crippen LogP contribution < -0.4 is 10.2 Å². The molecule has 0 radical (unpaired) electrons. The third-order valence-electron chi connectivity index (χ3n) is 3.83. The summed E-state index contributed by atoms with van der Waals surface area (Å²) < 4.78 is 0. The Balaban J connectivity index is 1.76. The highest BCUT2D eigenvalue weighted by molar-refractivity contribution is 6.36. The maximum Gasteiger partial charge on any atom is 0.229 e. The molecule has 2 aromatic carbocycles. The predicted octanol–water partition coefficient (Wildman–Crippen LogP) is 4.64. The molecular weight excluding hydrogens is 371 g/mol. The predicted molar refractivity (Wildman–Crippen MR) is 97.0 cm³/mol. The molecule has 0 aromatic heterocycles. The zero-order chi connectivity index (χ0) is 17.3. The molecule has 1 aliphatic heterocycles. The van der Waals surface area contributed by atoms with E-state index in [4.69, 9.17) is 34.8 Å². The summed E-state index contributed by atoms with van der Waals surface area (Å²) >= 11 is 18.2. The summed E-state index contributed by atoms with van der Waals surface area (Å²) in [6.07, 6.45) is 0.110.